The smallest absolute Gasteiger partial charge is 0.240 e. The fourth-order valence-corrected chi connectivity index (χ4v) is 6.23. The number of hydrogen-bond acceptors (Lipinski definition) is 4. The molecule has 1 aromatic heterocycles. The van der Waals surface area contributed by atoms with Crippen LogP contribution in [-0.2, 0) is 21.5 Å². The normalized spacial score (nSPS) is 15.4. The van der Waals surface area contributed by atoms with Crippen LogP contribution in [0.1, 0.15) is 59.5 Å². The van der Waals surface area contributed by atoms with Gasteiger partial charge in [0.25, 0.3) is 0 Å². The number of nitrogens with zero attached hydrogens (tertiary/aromatic N) is 3. The quantitative estimate of drug-likeness (QED) is 0.291. The first kappa shape index (κ1) is 28.6. The number of carbonyl (C=O) groups is 2. The summed E-state index contributed by atoms with van der Waals surface area (Å²) >= 11 is 1.57. The van der Waals surface area contributed by atoms with Gasteiger partial charge in [-0.3, -0.25) is 14.5 Å². The van der Waals surface area contributed by atoms with Crippen LogP contribution in [0.4, 0.5) is 10.2 Å². The number of anilines is 1. The molecule has 1 atom stereocenters. The van der Waals surface area contributed by atoms with Crippen molar-refractivity contribution in [2.24, 2.45) is 0 Å². The van der Waals surface area contributed by atoms with Gasteiger partial charge in [0.1, 0.15) is 18.2 Å². The molecule has 8 heteroatoms. The maximum atomic E-state index is 13.8. The molecule has 0 spiro atoms. The summed E-state index contributed by atoms with van der Waals surface area (Å²) in [4.78, 5) is 28.7. The van der Waals surface area contributed by atoms with Crippen molar-refractivity contribution in [1.29, 1.82) is 0 Å². The lowest BCUT2D eigenvalue weighted by Gasteiger charge is -2.24. The summed E-state index contributed by atoms with van der Waals surface area (Å²) in [6.07, 6.45) is 0. The van der Waals surface area contributed by atoms with Crippen molar-refractivity contribution in [2.75, 3.05) is 17.2 Å². The molecule has 1 aliphatic rings. The predicted octanol–water partition coefficient (Wildman–Crippen LogP) is 6.41. The highest BCUT2D eigenvalue weighted by molar-refractivity contribution is 8.00. The van der Waals surface area contributed by atoms with Crippen LogP contribution in [0.15, 0.2) is 72.8 Å². The molecular formula is C33H35FN4O2S. The van der Waals surface area contributed by atoms with E-state index in [4.69, 9.17) is 5.10 Å². The molecular weight excluding hydrogens is 535 g/mol. The molecule has 5 rings (SSSR count). The SMILES string of the molecule is Cc1ccc(-n2nc(C(C)(C)C)c3c2N(CC(=O)NCc2ccc(F)cc2)C(=O)CS[C@@H]3c2cccc(C)c2)cc1. The Morgan fingerprint density at radius 1 is 1.02 bits per heavy atom. The topological polar surface area (TPSA) is 67.2 Å². The summed E-state index contributed by atoms with van der Waals surface area (Å²) in [6.45, 7) is 10.5. The third kappa shape index (κ3) is 6.22. The highest BCUT2D eigenvalue weighted by Crippen LogP contribution is 2.48. The number of nitrogens with one attached hydrogen (secondary N) is 1. The molecule has 41 heavy (non-hydrogen) atoms. The molecule has 0 radical (unpaired) electrons. The highest BCUT2D eigenvalue weighted by Gasteiger charge is 2.39. The summed E-state index contributed by atoms with van der Waals surface area (Å²) in [6, 6.07) is 22.4. The van der Waals surface area contributed by atoms with Crippen LogP contribution in [0.2, 0.25) is 0 Å². The van der Waals surface area contributed by atoms with Gasteiger partial charge in [-0.05, 0) is 49.2 Å². The number of aromatic nitrogens is 2. The van der Waals surface area contributed by atoms with Crippen LogP contribution < -0.4 is 10.2 Å². The fourth-order valence-electron chi connectivity index (χ4n) is 5.04. The summed E-state index contributed by atoms with van der Waals surface area (Å²) in [7, 11) is 0. The first-order valence-corrected chi connectivity index (χ1v) is 14.8. The largest absolute Gasteiger partial charge is 0.350 e. The molecule has 0 unspecified atom stereocenters. The van der Waals surface area contributed by atoms with E-state index >= 15 is 0 Å². The zero-order valence-electron chi connectivity index (χ0n) is 24.1. The van der Waals surface area contributed by atoms with E-state index in [-0.39, 0.29) is 47.1 Å². The van der Waals surface area contributed by atoms with Crippen molar-refractivity contribution in [2.45, 2.75) is 51.8 Å². The van der Waals surface area contributed by atoms with Gasteiger partial charge in [-0.1, -0.05) is 80.4 Å². The lowest BCUT2D eigenvalue weighted by atomic mass is 9.87. The number of fused-ring (bicyclic) bond motifs is 1. The monoisotopic (exact) mass is 570 g/mol. The first-order chi connectivity index (χ1) is 19.5. The van der Waals surface area contributed by atoms with E-state index in [1.54, 1.807) is 28.8 Å². The Kier molecular flexibility index (Phi) is 8.04. The van der Waals surface area contributed by atoms with E-state index in [2.05, 4.69) is 51.2 Å². The van der Waals surface area contributed by atoms with E-state index in [0.29, 0.717) is 5.82 Å². The van der Waals surface area contributed by atoms with Crippen LogP contribution in [0.3, 0.4) is 0 Å². The summed E-state index contributed by atoms with van der Waals surface area (Å²) < 4.78 is 15.2. The van der Waals surface area contributed by atoms with Crippen LogP contribution in [0, 0.1) is 19.7 Å². The third-order valence-electron chi connectivity index (χ3n) is 7.13. The van der Waals surface area contributed by atoms with Gasteiger partial charge in [0.15, 0.2) is 0 Å². The van der Waals surface area contributed by atoms with Gasteiger partial charge in [-0.2, -0.15) is 5.10 Å². The van der Waals surface area contributed by atoms with Crippen LogP contribution >= 0.6 is 11.8 Å². The van der Waals surface area contributed by atoms with Crippen LogP contribution in [0.5, 0.6) is 0 Å². The van der Waals surface area contributed by atoms with E-state index < -0.39 is 0 Å². The Morgan fingerprint density at radius 2 is 1.73 bits per heavy atom. The molecule has 3 aromatic carbocycles. The molecule has 212 valence electrons. The van der Waals surface area contributed by atoms with Gasteiger partial charge < -0.3 is 5.32 Å². The molecule has 0 saturated heterocycles. The van der Waals surface area contributed by atoms with Crippen molar-refractivity contribution < 1.29 is 14.0 Å². The van der Waals surface area contributed by atoms with Gasteiger partial charge in [-0.15, -0.1) is 11.8 Å². The van der Waals surface area contributed by atoms with E-state index in [0.717, 1.165) is 39.2 Å². The number of benzene rings is 3. The molecule has 1 N–H and O–H groups in total. The van der Waals surface area contributed by atoms with Crippen molar-refractivity contribution in [3.05, 3.63) is 112 Å². The summed E-state index contributed by atoms with van der Waals surface area (Å²) in [5.41, 5.74) is 6.46. The minimum Gasteiger partial charge on any atom is -0.350 e. The molecule has 1 aliphatic heterocycles. The fraction of sp³-hybridized carbons (Fsp3) is 0.303. The van der Waals surface area contributed by atoms with Gasteiger partial charge in [0.2, 0.25) is 11.8 Å². The maximum Gasteiger partial charge on any atom is 0.240 e. The molecule has 0 saturated carbocycles. The van der Waals surface area contributed by atoms with Gasteiger partial charge in [0.05, 0.1) is 22.4 Å². The van der Waals surface area contributed by atoms with Gasteiger partial charge in [0, 0.05) is 17.5 Å². The van der Waals surface area contributed by atoms with Gasteiger partial charge >= 0.3 is 0 Å². The molecule has 2 amide bonds. The number of halogens is 1. The average molecular weight is 571 g/mol. The Hall–Kier alpha value is -3.91. The Bertz CT molecular complexity index is 1570. The second-order valence-corrected chi connectivity index (χ2v) is 12.7. The molecule has 6 nitrogen and oxygen atoms in total. The van der Waals surface area contributed by atoms with E-state index in [1.165, 1.54) is 12.1 Å². The molecule has 0 aliphatic carbocycles. The standard InChI is InChI=1S/C33H35FN4O2S/c1-21-9-15-26(16-10-21)38-32-29(31(36-38)33(3,4)5)30(24-8-6-7-22(2)17-24)41-20-28(40)37(32)19-27(39)35-18-23-11-13-25(34)14-12-23/h6-17,30H,18-20H2,1-5H3,(H,35,39)/t30-/m1/s1. The minimum atomic E-state index is -0.331. The number of thioether (sulfide) groups is 1. The molecule has 0 fully saturated rings. The van der Waals surface area contributed by atoms with Crippen molar-refractivity contribution in [3.63, 3.8) is 0 Å². The van der Waals surface area contributed by atoms with E-state index in [1.807, 2.05) is 41.9 Å². The number of amides is 2. The predicted molar refractivity (Wildman–Crippen MR) is 163 cm³/mol. The summed E-state index contributed by atoms with van der Waals surface area (Å²) in [5, 5.41) is 7.89. The lowest BCUT2D eigenvalue weighted by Crippen LogP contribution is -2.42. The van der Waals surface area contributed by atoms with Crippen LogP contribution in [-0.4, -0.2) is 33.9 Å². The van der Waals surface area contributed by atoms with Gasteiger partial charge in [-0.25, -0.2) is 9.07 Å². The van der Waals surface area contributed by atoms with Crippen molar-refractivity contribution >= 4 is 29.4 Å². The number of rotatable bonds is 6. The average Bonchev–Trinajstić information content (AvgIpc) is 3.26. The molecule has 2 heterocycles. The zero-order chi connectivity index (χ0) is 29.3. The van der Waals surface area contributed by atoms with E-state index in [9.17, 15) is 14.0 Å². The minimum absolute atomic E-state index is 0.144. The molecule has 4 aromatic rings. The maximum absolute atomic E-state index is 13.8. The number of carbonyl (C=O) groups excluding carboxylic acids is 2. The second kappa shape index (κ2) is 11.5. The Balaban J connectivity index is 1.63. The highest BCUT2D eigenvalue weighted by atomic mass is 32.2. The van der Waals surface area contributed by atoms with Crippen molar-refractivity contribution in [1.82, 2.24) is 15.1 Å². The number of hydrogen-bond donors (Lipinski definition) is 1. The van der Waals surface area contributed by atoms with Crippen molar-refractivity contribution in [3.8, 4) is 5.69 Å². The zero-order valence-corrected chi connectivity index (χ0v) is 24.9. The number of aryl methyl sites for hydroxylation is 2. The molecule has 0 bridgehead atoms. The van der Waals surface area contributed by atoms with Crippen LogP contribution in [0.25, 0.3) is 5.69 Å². The summed E-state index contributed by atoms with van der Waals surface area (Å²) in [5.74, 6) is 0.0500. The first-order valence-electron chi connectivity index (χ1n) is 13.7. The second-order valence-electron chi connectivity index (χ2n) is 11.6. The Morgan fingerprint density at radius 3 is 2.39 bits per heavy atom. The third-order valence-corrected chi connectivity index (χ3v) is 8.38. The Labute approximate surface area is 245 Å². The lowest BCUT2D eigenvalue weighted by molar-refractivity contribution is -0.123.